The van der Waals surface area contributed by atoms with Crippen LogP contribution in [0.5, 0.6) is 5.75 Å². The van der Waals surface area contributed by atoms with E-state index in [9.17, 15) is 14.0 Å². The number of carbonyl (C=O) groups excluding carboxylic acids is 2. The first-order valence-corrected chi connectivity index (χ1v) is 8.13. The average molecular weight is 369 g/mol. The van der Waals surface area contributed by atoms with Crippen LogP contribution in [0.4, 0.5) is 10.1 Å². The third kappa shape index (κ3) is 4.94. The minimum atomic E-state index is -0.604. The van der Waals surface area contributed by atoms with Crippen LogP contribution in [0.25, 0.3) is 0 Å². The van der Waals surface area contributed by atoms with Crippen LogP contribution in [0.2, 0.25) is 0 Å². The van der Waals surface area contributed by atoms with Crippen molar-refractivity contribution in [3.63, 3.8) is 0 Å². The number of esters is 1. The number of para-hydroxylation sites is 1. The average Bonchev–Trinajstić information content (AvgIpc) is 3.22. The number of furan rings is 1. The fourth-order valence-corrected chi connectivity index (χ4v) is 2.26. The standard InChI is InChI=1S/C20H16FNO5/c21-14-7-9-15(10-8-14)25-12-13-27-20(24)16-4-1-2-5-17(16)22-19(23)18-6-3-11-26-18/h1-11H,12-13H2,(H,22,23). The quantitative estimate of drug-likeness (QED) is 0.505. The van der Waals surface area contributed by atoms with E-state index in [-0.39, 0.29) is 30.4 Å². The van der Waals surface area contributed by atoms with Crippen LogP contribution in [0.1, 0.15) is 20.9 Å². The van der Waals surface area contributed by atoms with Crippen molar-refractivity contribution in [1.82, 2.24) is 0 Å². The number of rotatable bonds is 7. The molecule has 0 aliphatic rings. The Morgan fingerprint density at radius 1 is 0.963 bits per heavy atom. The van der Waals surface area contributed by atoms with Gasteiger partial charge in [-0.2, -0.15) is 0 Å². The highest BCUT2D eigenvalue weighted by Gasteiger charge is 2.16. The lowest BCUT2D eigenvalue weighted by Crippen LogP contribution is -2.17. The van der Waals surface area contributed by atoms with E-state index < -0.39 is 11.9 Å². The molecule has 2 aromatic carbocycles. The Morgan fingerprint density at radius 3 is 2.48 bits per heavy atom. The number of amides is 1. The van der Waals surface area contributed by atoms with Crippen molar-refractivity contribution in [3.05, 3.63) is 84.1 Å². The van der Waals surface area contributed by atoms with Gasteiger partial charge in [-0.1, -0.05) is 12.1 Å². The topological polar surface area (TPSA) is 77.8 Å². The van der Waals surface area contributed by atoms with Crippen molar-refractivity contribution >= 4 is 17.6 Å². The summed E-state index contributed by atoms with van der Waals surface area (Å²) in [7, 11) is 0. The summed E-state index contributed by atoms with van der Waals surface area (Å²) in [6.45, 7) is 0.106. The number of hydrogen-bond acceptors (Lipinski definition) is 5. The number of halogens is 1. The Hall–Kier alpha value is -3.61. The molecule has 1 heterocycles. The van der Waals surface area contributed by atoms with Gasteiger partial charge in [-0.25, -0.2) is 9.18 Å². The molecule has 0 aliphatic carbocycles. The van der Waals surface area contributed by atoms with Gasteiger partial charge in [0.15, 0.2) is 5.76 Å². The summed E-state index contributed by atoms with van der Waals surface area (Å²) in [6, 6.07) is 15.1. The number of ether oxygens (including phenoxy) is 2. The monoisotopic (exact) mass is 369 g/mol. The zero-order chi connectivity index (χ0) is 19.1. The highest BCUT2D eigenvalue weighted by molar-refractivity contribution is 6.06. The van der Waals surface area contributed by atoms with Crippen LogP contribution in [0.3, 0.4) is 0 Å². The molecule has 0 atom stereocenters. The van der Waals surface area contributed by atoms with Crippen LogP contribution in [-0.4, -0.2) is 25.1 Å². The fraction of sp³-hybridized carbons (Fsp3) is 0.100. The van der Waals surface area contributed by atoms with Crippen LogP contribution < -0.4 is 10.1 Å². The molecular weight excluding hydrogens is 353 g/mol. The van der Waals surface area contributed by atoms with Gasteiger partial charge in [0.25, 0.3) is 5.91 Å². The zero-order valence-corrected chi connectivity index (χ0v) is 14.2. The number of anilines is 1. The van der Waals surface area contributed by atoms with E-state index in [1.165, 1.54) is 36.6 Å². The Bertz CT molecular complexity index is 906. The summed E-state index contributed by atoms with van der Waals surface area (Å²) in [4.78, 5) is 24.4. The molecule has 138 valence electrons. The molecule has 3 rings (SSSR count). The Balaban J connectivity index is 1.55. The summed E-state index contributed by atoms with van der Waals surface area (Å²) in [6.07, 6.45) is 1.39. The minimum Gasteiger partial charge on any atom is -0.490 e. The molecule has 3 aromatic rings. The summed E-state index contributed by atoms with van der Waals surface area (Å²) in [5, 5.41) is 2.62. The smallest absolute Gasteiger partial charge is 0.340 e. The van der Waals surface area contributed by atoms with Crippen LogP contribution >= 0.6 is 0 Å². The van der Waals surface area contributed by atoms with Crippen molar-refractivity contribution < 1.29 is 27.9 Å². The molecule has 0 bridgehead atoms. The second-order valence-corrected chi connectivity index (χ2v) is 5.42. The number of hydrogen-bond donors (Lipinski definition) is 1. The third-order valence-corrected chi connectivity index (χ3v) is 3.54. The third-order valence-electron chi connectivity index (χ3n) is 3.54. The Labute approximate surface area is 154 Å². The van der Waals surface area contributed by atoms with E-state index in [0.29, 0.717) is 11.4 Å². The second kappa shape index (κ2) is 8.66. The van der Waals surface area contributed by atoms with E-state index in [4.69, 9.17) is 13.9 Å². The Kier molecular flexibility index (Phi) is 5.84. The highest BCUT2D eigenvalue weighted by Crippen LogP contribution is 2.18. The van der Waals surface area contributed by atoms with Crippen LogP contribution in [0, 0.1) is 5.82 Å². The van der Waals surface area contributed by atoms with Gasteiger partial charge in [0, 0.05) is 0 Å². The largest absolute Gasteiger partial charge is 0.490 e. The van der Waals surface area contributed by atoms with Crippen molar-refractivity contribution in [2.24, 2.45) is 0 Å². The van der Waals surface area contributed by atoms with E-state index in [0.717, 1.165) is 0 Å². The predicted octanol–water partition coefficient (Wildman–Crippen LogP) is 3.91. The van der Waals surface area contributed by atoms with Crippen molar-refractivity contribution in [2.75, 3.05) is 18.5 Å². The van der Waals surface area contributed by atoms with E-state index >= 15 is 0 Å². The lowest BCUT2D eigenvalue weighted by atomic mass is 10.1. The van der Waals surface area contributed by atoms with E-state index in [1.807, 2.05) is 0 Å². The molecule has 0 saturated carbocycles. The lowest BCUT2D eigenvalue weighted by Gasteiger charge is -2.11. The molecule has 1 N–H and O–H groups in total. The molecule has 1 amide bonds. The van der Waals surface area contributed by atoms with Gasteiger partial charge < -0.3 is 19.2 Å². The molecule has 0 spiro atoms. The van der Waals surface area contributed by atoms with Crippen molar-refractivity contribution in [2.45, 2.75) is 0 Å². The maximum absolute atomic E-state index is 12.8. The number of benzene rings is 2. The minimum absolute atomic E-state index is 0.00330. The fourth-order valence-electron chi connectivity index (χ4n) is 2.26. The van der Waals surface area contributed by atoms with Crippen LogP contribution in [0.15, 0.2) is 71.3 Å². The van der Waals surface area contributed by atoms with Gasteiger partial charge in [0.1, 0.15) is 24.8 Å². The van der Waals surface area contributed by atoms with E-state index in [2.05, 4.69) is 5.32 Å². The molecule has 0 unspecified atom stereocenters. The normalized spacial score (nSPS) is 10.3. The Morgan fingerprint density at radius 2 is 1.74 bits per heavy atom. The number of nitrogens with one attached hydrogen (secondary N) is 1. The first-order chi connectivity index (χ1) is 13.1. The molecular formula is C20H16FNO5. The zero-order valence-electron chi connectivity index (χ0n) is 14.2. The molecule has 27 heavy (non-hydrogen) atoms. The second-order valence-electron chi connectivity index (χ2n) is 5.42. The summed E-state index contributed by atoms with van der Waals surface area (Å²) < 4.78 is 28.4. The predicted molar refractivity (Wildman–Crippen MR) is 95.3 cm³/mol. The van der Waals surface area contributed by atoms with Crippen LogP contribution in [-0.2, 0) is 4.74 Å². The molecule has 1 aromatic heterocycles. The van der Waals surface area contributed by atoms with Gasteiger partial charge in [-0.05, 0) is 48.5 Å². The van der Waals surface area contributed by atoms with Gasteiger partial charge in [0.2, 0.25) is 0 Å². The maximum atomic E-state index is 12.8. The van der Waals surface area contributed by atoms with Crippen molar-refractivity contribution in [3.8, 4) is 5.75 Å². The SMILES string of the molecule is O=C(Nc1ccccc1C(=O)OCCOc1ccc(F)cc1)c1ccco1. The number of carbonyl (C=O) groups is 2. The van der Waals surface area contributed by atoms with Gasteiger partial charge in [0.05, 0.1) is 17.5 Å². The first-order valence-electron chi connectivity index (χ1n) is 8.13. The highest BCUT2D eigenvalue weighted by atomic mass is 19.1. The van der Waals surface area contributed by atoms with E-state index in [1.54, 1.807) is 30.3 Å². The molecule has 0 radical (unpaired) electrons. The van der Waals surface area contributed by atoms with Gasteiger partial charge in [-0.15, -0.1) is 0 Å². The maximum Gasteiger partial charge on any atom is 0.340 e. The summed E-state index contributed by atoms with van der Waals surface area (Å²) in [5.74, 6) is -0.834. The molecule has 7 heteroatoms. The van der Waals surface area contributed by atoms with Crippen molar-refractivity contribution in [1.29, 1.82) is 0 Å². The summed E-state index contributed by atoms with van der Waals surface area (Å²) >= 11 is 0. The summed E-state index contributed by atoms with van der Waals surface area (Å²) in [5.41, 5.74) is 0.516. The molecule has 0 saturated heterocycles. The molecule has 0 aliphatic heterocycles. The lowest BCUT2D eigenvalue weighted by molar-refractivity contribution is 0.0451. The van der Waals surface area contributed by atoms with Gasteiger partial charge >= 0.3 is 5.97 Å². The molecule has 6 nitrogen and oxygen atoms in total. The van der Waals surface area contributed by atoms with Gasteiger partial charge in [-0.3, -0.25) is 4.79 Å². The first kappa shape index (κ1) is 18.2. The molecule has 0 fully saturated rings.